The van der Waals surface area contributed by atoms with Crippen LogP contribution in [-0.4, -0.2) is 24.1 Å². The summed E-state index contributed by atoms with van der Waals surface area (Å²) in [5.74, 6) is 1.04. The summed E-state index contributed by atoms with van der Waals surface area (Å²) in [5, 5.41) is 3.22. The smallest absolute Gasteiger partial charge is 0.133 e. The molecule has 0 aliphatic heterocycles. The number of rotatable bonds is 5. The Bertz CT molecular complexity index is 566. The van der Waals surface area contributed by atoms with Crippen LogP contribution in [0.15, 0.2) is 30.6 Å². The maximum Gasteiger partial charge on any atom is 0.133 e. The average molecular weight is 270 g/mol. The molecule has 2 rings (SSSR count). The Balaban J connectivity index is 2.30. The van der Waals surface area contributed by atoms with Crippen molar-refractivity contribution in [3.05, 3.63) is 53.0 Å². The minimum atomic E-state index is 0.806. The molecule has 0 atom stereocenters. The molecule has 0 aliphatic carbocycles. The van der Waals surface area contributed by atoms with E-state index in [0.29, 0.717) is 0 Å². The van der Waals surface area contributed by atoms with Crippen molar-refractivity contribution in [1.29, 1.82) is 0 Å². The Labute approximate surface area is 120 Å². The van der Waals surface area contributed by atoms with E-state index >= 15 is 0 Å². The molecule has 0 unspecified atom stereocenters. The maximum atomic E-state index is 4.71. The monoisotopic (exact) mass is 270 g/mol. The van der Waals surface area contributed by atoms with Crippen LogP contribution in [0.3, 0.4) is 0 Å². The van der Waals surface area contributed by atoms with Crippen LogP contribution in [0.5, 0.6) is 0 Å². The minimum Gasteiger partial charge on any atom is -0.355 e. The highest BCUT2D eigenvalue weighted by Crippen LogP contribution is 2.22. The topological polar surface area (TPSA) is 41.1 Å². The molecule has 4 heteroatoms. The van der Waals surface area contributed by atoms with E-state index < -0.39 is 0 Å². The number of nitrogens with one attached hydrogen (secondary N) is 1. The molecule has 2 heterocycles. The van der Waals surface area contributed by atoms with Crippen molar-refractivity contribution in [2.24, 2.45) is 0 Å². The van der Waals surface area contributed by atoms with Crippen molar-refractivity contribution in [3.8, 4) is 0 Å². The van der Waals surface area contributed by atoms with E-state index in [4.69, 9.17) is 4.98 Å². The molecule has 0 bridgehead atoms. The van der Waals surface area contributed by atoms with E-state index in [2.05, 4.69) is 41.3 Å². The Morgan fingerprint density at radius 2 is 2.10 bits per heavy atom. The first-order chi connectivity index (χ1) is 9.61. The SMILES string of the molecule is CNCc1c(C)cc(C)nc1N(C)Cc1cccnc1. The van der Waals surface area contributed by atoms with Gasteiger partial charge in [-0.25, -0.2) is 4.98 Å². The van der Waals surface area contributed by atoms with Gasteiger partial charge in [-0.1, -0.05) is 6.07 Å². The zero-order valence-electron chi connectivity index (χ0n) is 12.6. The molecule has 0 saturated carbocycles. The van der Waals surface area contributed by atoms with E-state index in [9.17, 15) is 0 Å². The summed E-state index contributed by atoms with van der Waals surface area (Å²) in [6.07, 6.45) is 3.70. The van der Waals surface area contributed by atoms with Crippen molar-refractivity contribution < 1.29 is 0 Å². The number of pyridine rings is 2. The lowest BCUT2D eigenvalue weighted by Crippen LogP contribution is -2.22. The summed E-state index contributed by atoms with van der Waals surface area (Å²) in [7, 11) is 4.04. The fourth-order valence-corrected chi connectivity index (χ4v) is 2.39. The number of nitrogens with zero attached hydrogens (tertiary/aromatic N) is 3. The minimum absolute atomic E-state index is 0.806. The van der Waals surface area contributed by atoms with Gasteiger partial charge >= 0.3 is 0 Å². The number of aromatic nitrogens is 2. The van der Waals surface area contributed by atoms with Gasteiger partial charge in [0.15, 0.2) is 0 Å². The summed E-state index contributed by atoms with van der Waals surface area (Å²) in [4.78, 5) is 11.1. The van der Waals surface area contributed by atoms with Gasteiger partial charge in [0.05, 0.1) is 0 Å². The van der Waals surface area contributed by atoms with Gasteiger partial charge in [-0.3, -0.25) is 4.98 Å². The molecule has 0 radical (unpaired) electrons. The number of aryl methyl sites for hydroxylation is 2. The molecular weight excluding hydrogens is 248 g/mol. The normalized spacial score (nSPS) is 10.6. The average Bonchev–Trinajstić information content (AvgIpc) is 2.42. The van der Waals surface area contributed by atoms with Crippen LogP contribution in [0.2, 0.25) is 0 Å². The first kappa shape index (κ1) is 14.5. The molecule has 0 saturated heterocycles. The van der Waals surface area contributed by atoms with Crippen molar-refractivity contribution >= 4 is 5.82 Å². The molecule has 0 amide bonds. The molecule has 106 valence electrons. The largest absolute Gasteiger partial charge is 0.355 e. The van der Waals surface area contributed by atoms with Gasteiger partial charge in [-0.15, -0.1) is 0 Å². The highest BCUT2D eigenvalue weighted by atomic mass is 15.2. The summed E-state index contributed by atoms with van der Waals surface area (Å²) in [6.45, 7) is 5.81. The van der Waals surface area contributed by atoms with Gasteiger partial charge in [0, 0.05) is 43.8 Å². The molecule has 0 fully saturated rings. The van der Waals surface area contributed by atoms with Crippen LogP contribution in [0.25, 0.3) is 0 Å². The van der Waals surface area contributed by atoms with Gasteiger partial charge in [0.25, 0.3) is 0 Å². The lowest BCUT2D eigenvalue weighted by atomic mass is 10.1. The van der Waals surface area contributed by atoms with Gasteiger partial charge < -0.3 is 10.2 Å². The summed E-state index contributed by atoms with van der Waals surface area (Å²) < 4.78 is 0. The van der Waals surface area contributed by atoms with Gasteiger partial charge in [-0.05, 0) is 44.2 Å². The van der Waals surface area contributed by atoms with Crippen LogP contribution >= 0.6 is 0 Å². The standard InChI is InChI=1S/C16H22N4/c1-12-8-13(2)19-16(15(12)10-17-3)20(4)11-14-6-5-7-18-9-14/h5-9,17H,10-11H2,1-4H3. The van der Waals surface area contributed by atoms with Crippen LogP contribution in [0.1, 0.15) is 22.4 Å². The van der Waals surface area contributed by atoms with Crippen LogP contribution in [-0.2, 0) is 13.1 Å². The number of anilines is 1. The quantitative estimate of drug-likeness (QED) is 0.906. The number of hydrogen-bond acceptors (Lipinski definition) is 4. The Morgan fingerprint density at radius 1 is 1.30 bits per heavy atom. The number of hydrogen-bond donors (Lipinski definition) is 1. The Morgan fingerprint density at radius 3 is 2.75 bits per heavy atom. The zero-order chi connectivity index (χ0) is 14.5. The molecule has 2 aromatic rings. The zero-order valence-corrected chi connectivity index (χ0v) is 12.6. The van der Waals surface area contributed by atoms with Gasteiger partial charge in [-0.2, -0.15) is 0 Å². The van der Waals surface area contributed by atoms with Gasteiger partial charge in [0.2, 0.25) is 0 Å². The van der Waals surface area contributed by atoms with E-state index in [0.717, 1.165) is 24.6 Å². The molecule has 2 aromatic heterocycles. The van der Waals surface area contributed by atoms with Crippen LogP contribution in [0, 0.1) is 13.8 Å². The van der Waals surface area contributed by atoms with Gasteiger partial charge in [0.1, 0.15) is 5.82 Å². The second-order valence-corrected chi connectivity index (χ2v) is 5.13. The lowest BCUT2D eigenvalue weighted by Gasteiger charge is -2.23. The van der Waals surface area contributed by atoms with E-state index in [1.54, 1.807) is 6.20 Å². The van der Waals surface area contributed by atoms with Crippen LogP contribution < -0.4 is 10.2 Å². The van der Waals surface area contributed by atoms with E-state index in [-0.39, 0.29) is 0 Å². The van der Waals surface area contributed by atoms with Crippen molar-refractivity contribution in [1.82, 2.24) is 15.3 Å². The predicted molar refractivity (Wildman–Crippen MR) is 82.8 cm³/mol. The highest BCUT2D eigenvalue weighted by Gasteiger charge is 2.12. The van der Waals surface area contributed by atoms with E-state index in [1.807, 2.05) is 26.2 Å². The second-order valence-electron chi connectivity index (χ2n) is 5.13. The summed E-state index contributed by atoms with van der Waals surface area (Å²) in [6, 6.07) is 6.19. The van der Waals surface area contributed by atoms with Crippen molar-refractivity contribution in [3.63, 3.8) is 0 Å². The Kier molecular flexibility index (Phi) is 4.69. The molecule has 4 nitrogen and oxygen atoms in total. The third-order valence-electron chi connectivity index (χ3n) is 3.31. The summed E-state index contributed by atoms with van der Waals surface area (Å²) in [5.41, 5.74) is 4.77. The van der Waals surface area contributed by atoms with Crippen molar-refractivity contribution in [2.75, 3.05) is 19.0 Å². The van der Waals surface area contributed by atoms with Crippen molar-refractivity contribution in [2.45, 2.75) is 26.9 Å². The fourth-order valence-electron chi connectivity index (χ4n) is 2.39. The fraction of sp³-hybridized carbons (Fsp3) is 0.375. The third kappa shape index (κ3) is 3.33. The lowest BCUT2D eigenvalue weighted by molar-refractivity contribution is 0.786. The first-order valence-electron chi connectivity index (χ1n) is 6.83. The maximum absolute atomic E-state index is 4.71. The first-order valence-corrected chi connectivity index (χ1v) is 6.83. The third-order valence-corrected chi connectivity index (χ3v) is 3.31. The molecule has 0 aromatic carbocycles. The molecule has 0 aliphatic rings. The van der Waals surface area contributed by atoms with E-state index in [1.165, 1.54) is 16.7 Å². The van der Waals surface area contributed by atoms with Crippen LogP contribution in [0.4, 0.5) is 5.82 Å². The second kappa shape index (κ2) is 6.48. The predicted octanol–water partition coefficient (Wildman–Crippen LogP) is 2.45. The molecular formula is C16H22N4. The Hall–Kier alpha value is -1.94. The highest BCUT2D eigenvalue weighted by molar-refractivity contribution is 5.51. The molecule has 0 spiro atoms. The molecule has 1 N–H and O–H groups in total. The summed E-state index contributed by atoms with van der Waals surface area (Å²) >= 11 is 0. The molecule has 20 heavy (non-hydrogen) atoms.